The van der Waals surface area contributed by atoms with E-state index in [1.165, 1.54) is 18.2 Å². The van der Waals surface area contributed by atoms with Gasteiger partial charge in [0, 0.05) is 24.6 Å². The Bertz CT molecular complexity index is 1090. The minimum Gasteiger partial charge on any atom is -0.462 e. The van der Waals surface area contributed by atoms with Gasteiger partial charge < -0.3 is 18.4 Å². The van der Waals surface area contributed by atoms with Crippen molar-refractivity contribution in [1.82, 2.24) is 5.16 Å². The number of allylic oxidation sites excluding steroid dienone is 1. The first-order chi connectivity index (χ1) is 13.5. The molecule has 0 bridgehead atoms. The monoisotopic (exact) mass is 399 g/mol. The Hall–Kier alpha value is -3.32. The fraction of sp³-hybridized carbons (Fsp3) is 0.150. The largest absolute Gasteiger partial charge is 0.462 e. The predicted octanol–water partition coefficient (Wildman–Crippen LogP) is 4.38. The summed E-state index contributed by atoms with van der Waals surface area (Å²) in [6.45, 7) is 1.81. The smallest absolute Gasteiger partial charge is 0.311 e. The van der Waals surface area contributed by atoms with Crippen LogP contribution in [-0.2, 0) is 11.2 Å². The molecule has 28 heavy (non-hydrogen) atoms. The van der Waals surface area contributed by atoms with Crippen molar-refractivity contribution in [3.63, 3.8) is 0 Å². The molecule has 1 aromatic carbocycles. The number of aromatic nitrogens is 1. The first-order valence-electron chi connectivity index (χ1n) is 8.44. The van der Waals surface area contributed by atoms with Crippen LogP contribution in [0.15, 0.2) is 51.1 Å². The number of esters is 1. The molecule has 0 aliphatic carbocycles. The fourth-order valence-corrected chi connectivity index (χ4v) is 2.86. The molecule has 7 nitrogen and oxygen atoms in total. The summed E-state index contributed by atoms with van der Waals surface area (Å²) in [6.07, 6.45) is 1.93. The zero-order chi connectivity index (χ0) is 19.7. The van der Waals surface area contributed by atoms with E-state index in [9.17, 15) is 9.59 Å². The van der Waals surface area contributed by atoms with E-state index >= 15 is 0 Å². The van der Waals surface area contributed by atoms with Gasteiger partial charge >= 0.3 is 5.97 Å². The highest BCUT2D eigenvalue weighted by Crippen LogP contribution is 2.35. The highest BCUT2D eigenvalue weighted by atomic mass is 35.5. The Morgan fingerprint density at radius 2 is 2.11 bits per heavy atom. The van der Waals surface area contributed by atoms with E-state index in [1.807, 2.05) is 6.92 Å². The molecular weight excluding hydrogens is 386 g/mol. The number of hydrogen-bond acceptors (Lipinski definition) is 7. The SMILES string of the molecule is Cc1ccc(/C=C2\Oc3cc(OC(=O)CCc4cc(Cl)no4)ccc3C2=O)o1. The number of halogens is 1. The lowest BCUT2D eigenvalue weighted by Crippen LogP contribution is -2.08. The van der Waals surface area contributed by atoms with Gasteiger partial charge in [0.25, 0.3) is 0 Å². The van der Waals surface area contributed by atoms with Crippen molar-refractivity contribution in [3.8, 4) is 11.5 Å². The van der Waals surface area contributed by atoms with Crippen molar-refractivity contribution >= 4 is 29.4 Å². The molecule has 0 saturated heterocycles. The van der Waals surface area contributed by atoms with E-state index in [0.717, 1.165) is 5.76 Å². The maximum Gasteiger partial charge on any atom is 0.311 e. The Morgan fingerprint density at radius 3 is 2.82 bits per heavy atom. The highest BCUT2D eigenvalue weighted by Gasteiger charge is 2.28. The maximum absolute atomic E-state index is 12.4. The summed E-state index contributed by atoms with van der Waals surface area (Å²) in [5, 5.41) is 3.77. The van der Waals surface area contributed by atoms with Gasteiger partial charge in [-0.25, -0.2) is 0 Å². The molecule has 0 fully saturated rings. The molecule has 0 radical (unpaired) electrons. The van der Waals surface area contributed by atoms with Crippen molar-refractivity contribution < 1.29 is 28.0 Å². The number of nitrogens with zero attached hydrogens (tertiary/aromatic N) is 1. The van der Waals surface area contributed by atoms with Crippen LogP contribution in [0.5, 0.6) is 11.5 Å². The van der Waals surface area contributed by atoms with Crippen LogP contribution in [0.25, 0.3) is 6.08 Å². The number of fused-ring (bicyclic) bond motifs is 1. The van der Waals surface area contributed by atoms with Gasteiger partial charge in [0.1, 0.15) is 28.8 Å². The van der Waals surface area contributed by atoms with Crippen LogP contribution in [0.2, 0.25) is 5.15 Å². The lowest BCUT2D eigenvalue weighted by molar-refractivity contribution is -0.134. The molecule has 8 heteroatoms. The quantitative estimate of drug-likeness (QED) is 0.357. The molecule has 0 amide bonds. The second kappa shape index (κ2) is 7.36. The van der Waals surface area contributed by atoms with Gasteiger partial charge in [0.15, 0.2) is 10.9 Å². The Balaban J connectivity index is 1.42. The summed E-state index contributed by atoms with van der Waals surface area (Å²) >= 11 is 5.66. The van der Waals surface area contributed by atoms with Crippen LogP contribution >= 0.6 is 11.6 Å². The number of aryl methyl sites for hydroxylation is 2. The molecule has 0 atom stereocenters. The van der Waals surface area contributed by atoms with Crippen LogP contribution in [0.4, 0.5) is 0 Å². The first-order valence-corrected chi connectivity index (χ1v) is 8.82. The predicted molar refractivity (Wildman–Crippen MR) is 98.3 cm³/mol. The zero-order valence-electron chi connectivity index (χ0n) is 14.7. The van der Waals surface area contributed by atoms with Crippen LogP contribution in [-0.4, -0.2) is 16.9 Å². The second-order valence-electron chi connectivity index (χ2n) is 6.14. The summed E-state index contributed by atoms with van der Waals surface area (Å²) in [7, 11) is 0. The normalized spacial score (nSPS) is 14.2. The number of carbonyl (C=O) groups is 2. The highest BCUT2D eigenvalue weighted by molar-refractivity contribution is 6.29. The van der Waals surface area contributed by atoms with Gasteiger partial charge in [-0.05, 0) is 31.2 Å². The average molecular weight is 400 g/mol. The number of benzene rings is 1. The summed E-state index contributed by atoms with van der Waals surface area (Å²) in [6, 6.07) is 9.69. The summed E-state index contributed by atoms with van der Waals surface area (Å²) in [4.78, 5) is 24.4. The molecule has 1 aliphatic heterocycles. The van der Waals surface area contributed by atoms with Crippen molar-refractivity contribution in [3.05, 3.63) is 70.2 Å². The third-order valence-corrected chi connectivity index (χ3v) is 4.19. The minimum absolute atomic E-state index is 0.0887. The summed E-state index contributed by atoms with van der Waals surface area (Å²) < 4.78 is 21.3. The standard InChI is InChI=1S/C20H14ClNO6/c1-11-2-3-12(25-11)9-17-20(24)15-6-4-13(8-16(15)27-17)26-19(23)7-5-14-10-18(21)22-28-14/h2-4,6,8-10H,5,7H2,1H3/b17-9-. The van der Waals surface area contributed by atoms with Gasteiger partial charge in [0.2, 0.25) is 5.78 Å². The Kier molecular flexibility index (Phi) is 4.75. The Morgan fingerprint density at radius 1 is 1.25 bits per heavy atom. The summed E-state index contributed by atoms with van der Waals surface area (Å²) in [5.74, 6) is 1.78. The third-order valence-electron chi connectivity index (χ3n) is 4.01. The van der Waals surface area contributed by atoms with E-state index in [1.54, 1.807) is 24.3 Å². The fourth-order valence-electron chi connectivity index (χ4n) is 2.70. The van der Waals surface area contributed by atoms with E-state index < -0.39 is 5.97 Å². The van der Waals surface area contributed by atoms with Gasteiger partial charge in [-0.3, -0.25) is 9.59 Å². The topological polar surface area (TPSA) is 91.8 Å². The molecule has 2 aromatic heterocycles. The first kappa shape index (κ1) is 18.1. The van der Waals surface area contributed by atoms with E-state index in [2.05, 4.69) is 5.16 Å². The van der Waals surface area contributed by atoms with Crippen molar-refractivity contribution in [2.75, 3.05) is 0 Å². The van der Waals surface area contributed by atoms with Crippen molar-refractivity contribution in [1.29, 1.82) is 0 Å². The minimum atomic E-state index is -0.460. The van der Waals surface area contributed by atoms with Crippen LogP contribution in [0.3, 0.4) is 0 Å². The van der Waals surface area contributed by atoms with E-state index in [4.69, 9.17) is 30.0 Å². The van der Waals surface area contributed by atoms with Crippen LogP contribution in [0.1, 0.15) is 34.1 Å². The van der Waals surface area contributed by atoms with Crippen LogP contribution in [0, 0.1) is 6.92 Å². The number of Topliss-reactive ketones (excluding diaryl/α,β-unsaturated/α-hetero) is 1. The lowest BCUT2D eigenvalue weighted by Gasteiger charge is -2.05. The van der Waals surface area contributed by atoms with Gasteiger partial charge in [0.05, 0.1) is 12.0 Å². The average Bonchev–Trinajstić information content (AvgIpc) is 3.34. The Labute approximate surface area is 164 Å². The number of furan rings is 1. The molecule has 3 aromatic rings. The number of hydrogen-bond donors (Lipinski definition) is 0. The molecule has 0 unspecified atom stereocenters. The van der Waals surface area contributed by atoms with E-state index in [0.29, 0.717) is 29.3 Å². The lowest BCUT2D eigenvalue weighted by atomic mass is 10.1. The van der Waals surface area contributed by atoms with Crippen LogP contribution < -0.4 is 9.47 Å². The van der Waals surface area contributed by atoms with E-state index in [-0.39, 0.29) is 28.9 Å². The van der Waals surface area contributed by atoms with Gasteiger partial charge in [-0.2, -0.15) is 0 Å². The molecule has 0 saturated carbocycles. The van der Waals surface area contributed by atoms with Crippen molar-refractivity contribution in [2.24, 2.45) is 0 Å². The molecule has 1 aliphatic rings. The molecule has 142 valence electrons. The molecule has 4 rings (SSSR count). The molecule has 0 N–H and O–H groups in total. The molecule has 3 heterocycles. The van der Waals surface area contributed by atoms with Crippen molar-refractivity contribution in [2.45, 2.75) is 19.8 Å². The maximum atomic E-state index is 12.4. The molecular formula is C20H14ClNO6. The number of carbonyl (C=O) groups excluding carboxylic acids is 2. The number of ether oxygens (including phenoxy) is 2. The number of ketones is 1. The van der Waals surface area contributed by atoms with Gasteiger partial charge in [-0.1, -0.05) is 16.8 Å². The second-order valence-corrected chi connectivity index (χ2v) is 6.52. The summed E-state index contributed by atoms with van der Waals surface area (Å²) in [5.41, 5.74) is 0.394. The number of rotatable bonds is 5. The molecule has 0 spiro atoms. The van der Waals surface area contributed by atoms with Gasteiger partial charge in [-0.15, -0.1) is 0 Å². The third kappa shape index (κ3) is 3.84. The zero-order valence-corrected chi connectivity index (χ0v) is 15.5.